The Morgan fingerprint density at radius 3 is 2.53 bits per heavy atom. The molecule has 0 aliphatic carbocycles. The number of amides is 1. The third-order valence-electron chi connectivity index (χ3n) is 2.04. The highest BCUT2D eigenvalue weighted by molar-refractivity contribution is 5.88. The Morgan fingerprint density at radius 1 is 1.24 bits per heavy atom. The molecule has 0 bridgehead atoms. The highest BCUT2D eigenvalue weighted by Gasteiger charge is 1.96. The van der Waals surface area contributed by atoms with Crippen LogP contribution >= 0.6 is 0 Å². The monoisotopic (exact) mass is 238 g/mol. The van der Waals surface area contributed by atoms with E-state index in [2.05, 4.69) is 10.8 Å². The molecule has 0 atom stereocenters. The molecule has 1 aromatic rings. The maximum atomic E-state index is 10.8. The number of benzene rings is 1. The van der Waals surface area contributed by atoms with Crippen LogP contribution in [0.2, 0.25) is 0 Å². The summed E-state index contributed by atoms with van der Waals surface area (Å²) in [4.78, 5) is 15.9. The number of hydroxylamine groups is 1. The summed E-state index contributed by atoms with van der Waals surface area (Å²) < 4.78 is 4.84. The molecule has 0 heterocycles. The number of carbonyl (C=O) groups excluding carboxylic acids is 1. The third-order valence-corrected chi connectivity index (χ3v) is 2.04. The summed E-state index contributed by atoms with van der Waals surface area (Å²) in [6, 6.07) is 7.57. The fraction of sp³-hybridized carbons (Fsp3) is 0.417. The van der Waals surface area contributed by atoms with Crippen LogP contribution in [0, 0.1) is 0 Å². The number of nitrogens with one attached hydrogen (secondary N) is 2. The molecule has 1 aromatic carbocycles. The van der Waals surface area contributed by atoms with E-state index >= 15 is 0 Å². The van der Waals surface area contributed by atoms with Crippen molar-refractivity contribution >= 4 is 11.6 Å². The molecule has 2 N–H and O–H groups in total. The summed E-state index contributed by atoms with van der Waals surface area (Å²) in [6.07, 6.45) is 0. The van der Waals surface area contributed by atoms with E-state index in [1.807, 2.05) is 24.3 Å². The minimum Gasteiger partial charge on any atom is -0.382 e. The van der Waals surface area contributed by atoms with E-state index < -0.39 is 0 Å². The van der Waals surface area contributed by atoms with Crippen LogP contribution in [0.3, 0.4) is 0 Å². The molecule has 0 unspecified atom stereocenters. The fourth-order valence-electron chi connectivity index (χ4n) is 1.24. The maximum Gasteiger partial charge on any atom is 0.221 e. The molecule has 0 aliphatic rings. The second-order valence-corrected chi connectivity index (χ2v) is 3.54. The standard InChI is InChI=1S/C12H18N2O3/c1-10(15)14-12-5-3-11(4-6-12)9-13-17-8-7-16-2/h3-6,13H,7-9H2,1-2H3,(H,14,15). The van der Waals surface area contributed by atoms with Gasteiger partial charge in [0.05, 0.1) is 13.2 Å². The molecule has 17 heavy (non-hydrogen) atoms. The predicted octanol–water partition coefficient (Wildman–Crippen LogP) is 1.31. The summed E-state index contributed by atoms with van der Waals surface area (Å²) in [7, 11) is 1.63. The van der Waals surface area contributed by atoms with Crippen LogP contribution in [0.25, 0.3) is 0 Å². The first-order chi connectivity index (χ1) is 8.22. The summed E-state index contributed by atoms with van der Waals surface area (Å²) in [5.74, 6) is -0.0706. The zero-order valence-corrected chi connectivity index (χ0v) is 10.2. The lowest BCUT2D eigenvalue weighted by Crippen LogP contribution is -2.17. The molecule has 0 aliphatic heterocycles. The Balaban J connectivity index is 2.28. The van der Waals surface area contributed by atoms with E-state index in [4.69, 9.17) is 9.57 Å². The molecule has 1 amide bonds. The highest BCUT2D eigenvalue weighted by Crippen LogP contribution is 2.09. The quantitative estimate of drug-likeness (QED) is 0.555. The Kier molecular flexibility index (Phi) is 6.24. The average molecular weight is 238 g/mol. The minimum atomic E-state index is -0.0706. The van der Waals surface area contributed by atoms with E-state index in [9.17, 15) is 4.79 Å². The first-order valence-corrected chi connectivity index (χ1v) is 5.42. The predicted molar refractivity (Wildman–Crippen MR) is 65.4 cm³/mol. The van der Waals surface area contributed by atoms with Crippen LogP contribution in [0.5, 0.6) is 0 Å². The molecule has 0 aromatic heterocycles. The van der Waals surface area contributed by atoms with E-state index in [-0.39, 0.29) is 5.91 Å². The van der Waals surface area contributed by atoms with Gasteiger partial charge in [-0.15, -0.1) is 0 Å². The summed E-state index contributed by atoms with van der Waals surface area (Å²) in [5.41, 5.74) is 4.70. The van der Waals surface area contributed by atoms with Gasteiger partial charge in [-0.3, -0.25) is 9.63 Å². The molecule has 0 spiro atoms. The lowest BCUT2D eigenvalue weighted by molar-refractivity contribution is -0.114. The first kappa shape index (κ1) is 13.6. The molecular weight excluding hydrogens is 220 g/mol. The van der Waals surface area contributed by atoms with E-state index in [1.165, 1.54) is 6.92 Å². The fourth-order valence-corrected chi connectivity index (χ4v) is 1.24. The van der Waals surface area contributed by atoms with Crippen molar-refractivity contribution in [2.24, 2.45) is 0 Å². The van der Waals surface area contributed by atoms with Gasteiger partial charge in [-0.1, -0.05) is 12.1 Å². The van der Waals surface area contributed by atoms with Crippen molar-refractivity contribution in [2.45, 2.75) is 13.5 Å². The molecule has 0 saturated heterocycles. The van der Waals surface area contributed by atoms with Crippen LogP contribution in [-0.2, 0) is 20.9 Å². The van der Waals surface area contributed by atoms with E-state index in [1.54, 1.807) is 7.11 Å². The van der Waals surface area contributed by atoms with Gasteiger partial charge >= 0.3 is 0 Å². The smallest absolute Gasteiger partial charge is 0.221 e. The SMILES string of the molecule is COCCONCc1ccc(NC(C)=O)cc1. The molecule has 0 saturated carbocycles. The number of hydrogen-bond donors (Lipinski definition) is 2. The van der Waals surface area contributed by atoms with Crippen molar-refractivity contribution in [3.63, 3.8) is 0 Å². The zero-order chi connectivity index (χ0) is 12.5. The molecule has 5 heteroatoms. The Labute approximate surface area is 101 Å². The van der Waals surface area contributed by atoms with Crippen LogP contribution in [0.15, 0.2) is 24.3 Å². The van der Waals surface area contributed by atoms with E-state index in [0.29, 0.717) is 19.8 Å². The maximum absolute atomic E-state index is 10.8. The van der Waals surface area contributed by atoms with E-state index in [0.717, 1.165) is 11.3 Å². The molecule has 0 fully saturated rings. The van der Waals surface area contributed by atoms with Gasteiger partial charge in [0.15, 0.2) is 0 Å². The lowest BCUT2D eigenvalue weighted by atomic mass is 10.2. The van der Waals surface area contributed by atoms with Crippen LogP contribution in [0.1, 0.15) is 12.5 Å². The van der Waals surface area contributed by atoms with Gasteiger partial charge in [-0.05, 0) is 17.7 Å². The largest absolute Gasteiger partial charge is 0.382 e. The van der Waals surface area contributed by atoms with Gasteiger partial charge in [0, 0.05) is 26.3 Å². The van der Waals surface area contributed by atoms with Crippen molar-refractivity contribution in [1.82, 2.24) is 5.48 Å². The topological polar surface area (TPSA) is 59.6 Å². The number of ether oxygens (including phenoxy) is 1. The van der Waals surface area contributed by atoms with Gasteiger partial charge in [0.2, 0.25) is 5.91 Å². The Hall–Kier alpha value is -1.43. The van der Waals surface area contributed by atoms with Crippen molar-refractivity contribution in [3.8, 4) is 0 Å². The number of rotatable bonds is 7. The molecule has 1 rings (SSSR count). The van der Waals surface area contributed by atoms with Crippen molar-refractivity contribution < 1.29 is 14.4 Å². The highest BCUT2D eigenvalue weighted by atomic mass is 16.7. The van der Waals surface area contributed by atoms with Gasteiger partial charge in [0.1, 0.15) is 0 Å². The first-order valence-electron chi connectivity index (χ1n) is 5.42. The average Bonchev–Trinajstić information content (AvgIpc) is 2.30. The molecular formula is C12H18N2O3. The van der Waals surface area contributed by atoms with Crippen LogP contribution in [-0.4, -0.2) is 26.2 Å². The number of hydrogen-bond acceptors (Lipinski definition) is 4. The van der Waals surface area contributed by atoms with Crippen molar-refractivity contribution in [2.75, 3.05) is 25.6 Å². The van der Waals surface area contributed by atoms with Gasteiger partial charge < -0.3 is 10.1 Å². The van der Waals surface area contributed by atoms with Crippen molar-refractivity contribution in [3.05, 3.63) is 29.8 Å². The molecule has 0 radical (unpaired) electrons. The second kappa shape index (κ2) is 7.78. The minimum absolute atomic E-state index is 0.0706. The molecule has 5 nitrogen and oxygen atoms in total. The number of methoxy groups -OCH3 is 1. The summed E-state index contributed by atoms with van der Waals surface area (Å²) in [5, 5.41) is 2.71. The van der Waals surface area contributed by atoms with Crippen LogP contribution < -0.4 is 10.8 Å². The second-order valence-electron chi connectivity index (χ2n) is 3.54. The summed E-state index contributed by atoms with van der Waals surface area (Å²) in [6.45, 7) is 3.18. The zero-order valence-electron chi connectivity index (χ0n) is 10.2. The summed E-state index contributed by atoms with van der Waals surface area (Å²) >= 11 is 0. The van der Waals surface area contributed by atoms with Gasteiger partial charge in [-0.2, -0.15) is 5.48 Å². The third kappa shape index (κ3) is 6.01. The van der Waals surface area contributed by atoms with Gasteiger partial charge in [0.25, 0.3) is 0 Å². The number of carbonyl (C=O) groups is 1. The number of anilines is 1. The lowest BCUT2D eigenvalue weighted by Gasteiger charge is -2.06. The Bertz CT molecular complexity index is 338. The normalized spacial score (nSPS) is 10.2. The van der Waals surface area contributed by atoms with Gasteiger partial charge in [-0.25, -0.2) is 0 Å². The van der Waals surface area contributed by atoms with Crippen molar-refractivity contribution in [1.29, 1.82) is 0 Å². The molecule has 94 valence electrons. The van der Waals surface area contributed by atoms with Crippen LogP contribution in [0.4, 0.5) is 5.69 Å². The Morgan fingerprint density at radius 2 is 1.94 bits per heavy atom.